The van der Waals surface area contributed by atoms with Crippen molar-refractivity contribution in [2.45, 2.75) is 12.8 Å². The number of amides is 1. The molecule has 0 radical (unpaired) electrons. The van der Waals surface area contributed by atoms with Crippen LogP contribution >= 0.6 is 0 Å². The van der Waals surface area contributed by atoms with Gasteiger partial charge in [-0.1, -0.05) is 48.5 Å². The molecule has 34 heavy (non-hydrogen) atoms. The molecule has 6 heteroatoms. The summed E-state index contributed by atoms with van der Waals surface area (Å²) in [5.41, 5.74) is 3.07. The number of carbonyl (C=O) groups excluding carboxylic acids is 1. The Morgan fingerprint density at radius 3 is 2.32 bits per heavy atom. The summed E-state index contributed by atoms with van der Waals surface area (Å²) >= 11 is 0. The summed E-state index contributed by atoms with van der Waals surface area (Å²) in [6.07, 6.45) is 1.26. The van der Waals surface area contributed by atoms with Gasteiger partial charge in [-0.15, -0.1) is 10.2 Å². The van der Waals surface area contributed by atoms with Gasteiger partial charge in [-0.05, 0) is 53.1 Å². The molecule has 1 aliphatic rings. The molecular weight excluding hydrogens is 424 g/mol. The van der Waals surface area contributed by atoms with Gasteiger partial charge in [0, 0.05) is 38.2 Å². The van der Waals surface area contributed by atoms with Crippen molar-refractivity contribution in [2.75, 3.05) is 38.2 Å². The van der Waals surface area contributed by atoms with Crippen LogP contribution in [-0.4, -0.2) is 54.3 Å². The van der Waals surface area contributed by atoms with Gasteiger partial charge in [0.15, 0.2) is 5.82 Å². The minimum Gasteiger partial charge on any atom is -0.497 e. The van der Waals surface area contributed by atoms with Gasteiger partial charge in [0.2, 0.25) is 5.91 Å². The molecule has 0 N–H and O–H groups in total. The highest BCUT2D eigenvalue weighted by molar-refractivity contribution is 5.86. The SMILES string of the molecule is COc1ccc(CCC(=O)N2CCN(c3ccc(-c4ccc5ccccc5c4)nn3)CC2)cc1. The zero-order chi connectivity index (χ0) is 23.3. The average Bonchev–Trinajstić information content (AvgIpc) is 2.92. The first-order chi connectivity index (χ1) is 16.7. The number of methoxy groups -OCH3 is 1. The number of piperazine rings is 1. The van der Waals surface area contributed by atoms with Crippen LogP contribution in [0.15, 0.2) is 78.9 Å². The fraction of sp³-hybridized carbons (Fsp3) is 0.250. The number of hydrogen-bond donors (Lipinski definition) is 0. The standard InChI is InChI=1S/C28H28N4O2/c1-34-25-11-6-21(7-12-25)8-15-28(33)32-18-16-31(17-19-32)27-14-13-26(29-30-27)24-10-9-22-4-2-3-5-23(22)20-24/h2-7,9-14,20H,8,15-19H2,1H3. The van der Waals surface area contributed by atoms with Gasteiger partial charge in [-0.25, -0.2) is 0 Å². The molecule has 1 aliphatic heterocycles. The second-order valence-electron chi connectivity index (χ2n) is 8.55. The summed E-state index contributed by atoms with van der Waals surface area (Å²) in [4.78, 5) is 16.8. The molecule has 0 bridgehead atoms. The minimum absolute atomic E-state index is 0.202. The zero-order valence-corrected chi connectivity index (χ0v) is 19.4. The van der Waals surface area contributed by atoms with E-state index in [4.69, 9.17) is 4.74 Å². The molecular formula is C28H28N4O2. The first-order valence-corrected chi connectivity index (χ1v) is 11.7. The predicted octanol–water partition coefficient (Wildman–Crippen LogP) is 4.59. The van der Waals surface area contributed by atoms with Gasteiger partial charge in [0.25, 0.3) is 0 Å². The molecule has 3 aromatic carbocycles. The van der Waals surface area contributed by atoms with E-state index >= 15 is 0 Å². The van der Waals surface area contributed by atoms with E-state index in [9.17, 15) is 4.79 Å². The highest BCUT2D eigenvalue weighted by Crippen LogP contribution is 2.24. The Morgan fingerprint density at radius 2 is 1.62 bits per heavy atom. The van der Waals surface area contributed by atoms with Crippen molar-refractivity contribution in [2.24, 2.45) is 0 Å². The smallest absolute Gasteiger partial charge is 0.223 e. The number of aryl methyl sites for hydroxylation is 1. The van der Waals surface area contributed by atoms with Crippen LogP contribution in [-0.2, 0) is 11.2 Å². The van der Waals surface area contributed by atoms with Crippen LogP contribution in [0, 0.1) is 0 Å². The average molecular weight is 453 g/mol. The lowest BCUT2D eigenvalue weighted by molar-refractivity contribution is -0.131. The van der Waals surface area contributed by atoms with Crippen molar-refractivity contribution >= 4 is 22.5 Å². The Bertz CT molecular complexity index is 1260. The third kappa shape index (κ3) is 4.86. The molecule has 0 aliphatic carbocycles. The lowest BCUT2D eigenvalue weighted by atomic mass is 10.1. The van der Waals surface area contributed by atoms with Crippen molar-refractivity contribution in [1.29, 1.82) is 0 Å². The van der Waals surface area contributed by atoms with E-state index in [1.165, 1.54) is 10.8 Å². The Balaban J connectivity index is 1.15. The van der Waals surface area contributed by atoms with E-state index in [2.05, 4.69) is 45.4 Å². The number of nitrogens with zero attached hydrogens (tertiary/aromatic N) is 4. The van der Waals surface area contributed by atoms with Crippen molar-refractivity contribution in [3.05, 3.63) is 84.4 Å². The quantitative estimate of drug-likeness (QED) is 0.428. The molecule has 1 saturated heterocycles. The number of rotatable bonds is 6. The van der Waals surface area contributed by atoms with Crippen molar-refractivity contribution in [3.8, 4) is 17.0 Å². The number of carbonyl (C=O) groups is 1. The zero-order valence-electron chi connectivity index (χ0n) is 19.4. The number of ether oxygens (including phenoxy) is 1. The van der Waals surface area contributed by atoms with E-state index in [0.29, 0.717) is 19.5 Å². The minimum atomic E-state index is 0.202. The fourth-order valence-electron chi connectivity index (χ4n) is 4.38. The van der Waals surface area contributed by atoms with Crippen LogP contribution in [0.5, 0.6) is 5.75 Å². The summed E-state index contributed by atoms with van der Waals surface area (Å²) in [5, 5.41) is 11.4. The molecule has 1 fully saturated rings. The summed E-state index contributed by atoms with van der Waals surface area (Å²) in [6, 6.07) is 26.6. The second-order valence-corrected chi connectivity index (χ2v) is 8.55. The van der Waals surface area contributed by atoms with Gasteiger partial charge in [-0.2, -0.15) is 0 Å². The lowest BCUT2D eigenvalue weighted by Gasteiger charge is -2.35. The summed E-state index contributed by atoms with van der Waals surface area (Å²) in [7, 11) is 1.66. The van der Waals surface area contributed by atoms with E-state index < -0.39 is 0 Å². The second kappa shape index (κ2) is 9.91. The van der Waals surface area contributed by atoms with Gasteiger partial charge in [0.1, 0.15) is 5.75 Å². The molecule has 4 aromatic rings. The summed E-state index contributed by atoms with van der Waals surface area (Å²) in [5.74, 6) is 1.89. The highest BCUT2D eigenvalue weighted by atomic mass is 16.5. The number of hydrogen-bond acceptors (Lipinski definition) is 5. The van der Waals surface area contributed by atoms with Crippen LogP contribution in [0.1, 0.15) is 12.0 Å². The monoisotopic (exact) mass is 452 g/mol. The molecule has 0 unspecified atom stereocenters. The predicted molar refractivity (Wildman–Crippen MR) is 135 cm³/mol. The largest absolute Gasteiger partial charge is 0.497 e. The van der Waals surface area contributed by atoms with Crippen LogP contribution in [0.3, 0.4) is 0 Å². The maximum absolute atomic E-state index is 12.7. The maximum atomic E-state index is 12.7. The van der Waals surface area contributed by atoms with Crippen molar-refractivity contribution in [3.63, 3.8) is 0 Å². The van der Waals surface area contributed by atoms with Gasteiger partial charge in [-0.3, -0.25) is 4.79 Å². The molecule has 2 heterocycles. The van der Waals surface area contributed by atoms with Gasteiger partial charge in [0.05, 0.1) is 12.8 Å². The topological polar surface area (TPSA) is 58.6 Å². The van der Waals surface area contributed by atoms with Crippen LogP contribution in [0.4, 0.5) is 5.82 Å². The number of anilines is 1. The Morgan fingerprint density at radius 1 is 0.853 bits per heavy atom. The normalized spacial score (nSPS) is 13.8. The maximum Gasteiger partial charge on any atom is 0.223 e. The number of benzene rings is 3. The first-order valence-electron chi connectivity index (χ1n) is 11.7. The molecule has 5 rings (SSSR count). The van der Waals surface area contributed by atoms with Gasteiger partial charge >= 0.3 is 0 Å². The van der Waals surface area contributed by atoms with E-state index in [1.54, 1.807) is 7.11 Å². The molecule has 0 saturated carbocycles. The van der Waals surface area contributed by atoms with Crippen molar-refractivity contribution in [1.82, 2.24) is 15.1 Å². The third-order valence-corrected chi connectivity index (χ3v) is 6.44. The molecule has 6 nitrogen and oxygen atoms in total. The summed E-state index contributed by atoms with van der Waals surface area (Å²) in [6.45, 7) is 2.93. The third-order valence-electron chi connectivity index (χ3n) is 6.44. The molecule has 1 aromatic heterocycles. The van der Waals surface area contributed by atoms with Crippen molar-refractivity contribution < 1.29 is 9.53 Å². The van der Waals surface area contributed by atoms with Crippen LogP contribution in [0.2, 0.25) is 0 Å². The lowest BCUT2D eigenvalue weighted by Crippen LogP contribution is -2.49. The van der Waals surface area contributed by atoms with Gasteiger partial charge < -0.3 is 14.5 Å². The molecule has 0 spiro atoms. The van der Waals surface area contributed by atoms with E-state index in [1.807, 2.05) is 53.4 Å². The highest BCUT2D eigenvalue weighted by Gasteiger charge is 2.22. The van der Waals surface area contributed by atoms with Crippen LogP contribution < -0.4 is 9.64 Å². The first kappa shape index (κ1) is 21.9. The Hall–Kier alpha value is -3.93. The molecule has 0 atom stereocenters. The van der Waals surface area contributed by atoms with E-state index in [-0.39, 0.29) is 5.91 Å². The number of fused-ring (bicyclic) bond motifs is 1. The van der Waals surface area contributed by atoms with Crippen LogP contribution in [0.25, 0.3) is 22.0 Å². The Labute approximate surface area is 199 Å². The van der Waals surface area contributed by atoms with E-state index in [0.717, 1.165) is 47.9 Å². The molecule has 1 amide bonds. The fourth-order valence-corrected chi connectivity index (χ4v) is 4.38. The number of aromatic nitrogens is 2. The summed E-state index contributed by atoms with van der Waals surface area (Å²) < 4.78 is 5.19. The molecule has 172 valence electrons. The Kier molecular flexibility index (Phi) is 6.38.